The minimum atomic E-state index is -0.634. The number of phenolic OH excluding ortho intramolecular Hbond substituents is 1. The number of nitrogens with one attached hydrogen (secondary N) is 2. The first-order chi connectivity index (χ1) is 18.1. The predicted octanol–water partition coefficient (Wildman–Crippen LogP) is 3.73. The standard InChI is InChI=1S/C29H42N4O4/c34-26-11-13-28(14-12-26)37-22-27(35)21-30-17-20-33(24-9-5-2-6-10-24)25-15-18-32(19-16-25)29(36)31-23-7-3-1-4-8-23/h2,5-6,9-14,23,25,27,30,34-35H,1,3-4,7-8,15-22H2,(H,31,36)/t27-/m0/s1. The Balaban J connectivity index is 1.21. The molecule has 2 aromatic rings. The van der Waals surface area contributed by atoms with E-state index >= 15 is 0 Å². The SMILES string of the molecule is O=C(NC1CCCCC1)N1CCC(N(CCNC[C@H](O)COc2ccc(O)cc2)c2ccccc2)CC1. The molecule has 4 rings (SSSR count). The largest absolute Gasteiger partial charge is 0.508 e. The second kappa shape index (κ2) is 14.1. The zero-order valence-corrected chi connectivity index (χ0v) is 21.7. The molecule has 0 unspecified atom stereocenters. The number of amides is 2. The summed E-state index contributed by atoms with van der Waals surface area (Å²) >= 11 is 0. The van der Waals surface area contributed by atoms with Gasteiger partial charge in [-0.1, -0.05) is 37.5 Å². The van der Waals surface area contributed by atoms with Gasteiger partial charge in [-0.25, -0.2) is 4.79 Å². The van der Waals surface area contributed by atoms with Crippen LogP contribution in [0.15, 0.2) is 54.6 Å². The smallest absolute Gasteiger partial charge is 0.317 e. The molecule has 0 bridgehead atoms. The summed E-state index contributed by atoms with van der Waals surface area (Å²) in [5, 5.41) is 26.3. The van der Waals surface area contributed by atoms with Gasteiger partial charge >= 0.3 is 6.03 Å². The minimum absolute atomic E-state index is 0.0989. The second-order valence-electron chi connectivity index (χ2n) is 10.2. The summed E-state index contributed by atoms with van der Waals surface area (Å²) in [6.45, 7) is 3.70. The van der Waals surface area contributed by atoms with E-state index in [0.717, 1.165) is 51.9 Å². The van der Waals surface area contributed by atoms with Crippen LogP contribution < -0.4 is 20.3 Å². The number of phenols is 1. The maximum atomic E-state index is 12.8. The van der Waals surface area contributed by atoms with Crippen LogP contribution in [0.25, 0.3) is 0 Å². The number of urea groups is 1. The van der Waals surface area contributed by atoms with Crippen LogP contribution in [-0.4, -0.2) is 78.7 Å². The number of hydrogen-bond donors (Lipinski definition) is 4. The molecule has 1 heterocycles. The zero-order chi connectivity index (χ0) is 25.9. The highest BCUT2D eigenvalue weighted by molar-refractivity contribution is 5.74. The van der Waals surface area contributed by atoms with Crippen LogP contribution in [0.4, 0.5) is 10.5 Å². The lowest BCUT2D eigenvalue weighted by molar-refractivity contribution is 0.106. The summed E-state index contributed by atoms with van der Waals surface area (Å²) in [5.74, 6) is 0.803. The molecular formula is C29H42N4O4. The van der Waals surface area contributed by atoms with Crippen molar-refractivity contribution in [3.05, 3.63) is 54.6 Å². The topological polar surface area (TPSA) is 97.3 Å². The van der Waals surface area contributed by atoms with Crippen molar-refractivity contribution in [2.45, 2.75) is 63.1 Å². The third kappa shape index (κ3) is 8.54. The van der Waals surface area contributed by atoms with Gasteiger partial charge in [-0.15, -0.1) is 0 Å². The van der Waals surface area contributed by atoms with Crippen LogP contribution in [0, 0.1) is 0 Å². The molecule has 2 aliphatic rings. The summed E-state index contributed by atoms with van der Waals surface area (Å²) in [7, 11) is 0. The molecule has 0 aromatic heterocycles. The Morgan fingerprint density at radius 2 is 1.70 bits per heavy atom. The fourth-order valence-corrected chi connectivity index (χ4v) is 5.30. The van der Waals surface area contributed by atoms with Crippen molar-refractivity contribution in [3.63, 3.8) is 0 Å². The highest BCUT2D eigenvalue weighted by Crippen LogP contribution is 2.24. The van der Waals surface area contributed by atoms with Crippen LogP contribution in [0.1, 0.15) is 44.9 Å². The lowest BCUT2D eigenvalue weighted by atomic mass is 9.95. The van der Waals surface area contributed by atoms with Crippen LogP contribution in [-0.2, 0) is 0 Å². The Morgan fingerprint density at radius 1 is 1.00 bits per heavy atom. The summed E-state index contributed by atoms with van der Waals surface area (Å²) in [6.07, 6.45) is 7.18. The average Bonchev–Trinajstić information content (AvgIpc) is 2.94. The molecule has 202 valence electrons. The van der Waals surface area contributed by atoms with E-state index in [0.29, 0.717) is 24.4 Å². The van der Waals surface area contributed by atoms with E-state index in [1.54, 1.807) is 24.3 Å². The Kier molecular flexibility index (Phi) is 10.3. The number of aliphatic hydroxyl groups excluding tert-OH is 1. The van der Waals surface area contributed by atoms with Crippen molar-refractivity contribution in [2.24, 2.45) is 0 Å². The Morgan fingerprint density at radius 3 is 2.41 bits per heavy atom. The highest BCUT2D eigenvalue weighted by atomic mass is 16.5. The number of ether oxygens (including phenoxy) is 1. The van der Waals surface area contributed by atoms with Gasteiger partial charge in [0.05, 0.1) is 0 Å². The summed E-state index contributed by atoms with van der Waals surface area (Å²) in [6, 6.07) is 17.7. The van der Waals surface area contributed by atoms with Gasteiger partial charge < -0.3 is 35.4 Å². The summed E-state index contributed by atoms with van der Waals surface area (Å²) in [5.41, 5.74) is 1.19. The number of carbonyl (C=O) groups is 1. The fourth-order valence-electron chi connectivity index (χ4n) is 5.30. The molecule has 1 aliphatic heterocycles. The number of nitrogens with zero attached hydrogens (tertiary/aromatic N) is 2. The Bertz CT molecular complexity index is 929. The van der Waals surface area contributed by atoms with Gasteiger partial charge in [-0.3, -0.25) is 0 Å². The highest BCUT2D eigenvalue weighted by Gasteiger charge is 2.28. The number of piperidine rings is 1. The van der Waals surface area contributed by atoms with Gasteiger partial charge in [0.15, 0.2) is 0 Å². The second-order valence-corrected chi connectivity index (χ2v) is 10.2. The molecule has 8 nitrogen and oxygen atoms in total. The van der Waals surface area contributed by atoms with E-state index in [1.165, 1.54) is 24.9 Å². The quantitative estimate of drug-likeness (QED) is 0.344. The third-order valence-corrected chi connectivity index (χ3v) is 7.40. The van der Waals surface area contributed by atoms with Crippen molar-refractivity contribution in [2.75, 3.05) is 44.2 Å². The molecule has 1 saturated heterocycles. The number of hydrogen-bond acceptors (Lipinski definition) is 6. The van der Waals surface area contributed by atoms with E-state index in [1.807, 2.05) is 11.0 Å². The molecular weight excluding hydrogens is 468 g/mol. The van der Waals surface area contributed by atoms with Crippen LogP contribution in [0.5, 0.6) is 11.5 Å². The van der Waals surface area contributed by atoms with Crippen LogP contribution >= 0.6 is 0 Å². The zero-order valence-electron chi connectivity index (χ0n) is 21.7. The number of carbonyl (C=O) groups excluding carboxylic acids is 1. The fraction of sp³-hybridized carbons (Fsp3) is 0.552. The van der Waals surface area contributed by atoms with Crippen molar-refractivity contribution in [1.82, 2.24) is 15.5 Å². The van der Waals surface area contributed by atoms with Gasteiger partial charge in [-0.2, -0.15) is 0 Å². The van der Waals surface area contributed by atoms with E-state index in [4.69, 9.17) is 4.74 Å². The van der Waals surface area contributed by atoms with E-state index in [2.05, 4.69) is 39.8 Å². The number of para-hydroxylation sites is 1. The first-order valence-electron chi connectivity index (χ1n) is 13.8. The van der Waals surface area contributed by atoms with E-state index < -0.39 is 6.10 Å². The van der Waals surface area contributed by atoms with Crippen molar-refractivity contribution in [3.8, 4) is 11.5 Å². The van der Waals surface area contributed by atoms with Crippen LogP contribution in [0.3, 0.4) is 0 Å². The van der Waals surface area contributed by atoms with Gasteiger partial charge in [0.25, 0.3) is 0 Å². The van der Waals surface area contributed by atoms with Crippen molar-refractivity contribution < 1.29 is 19.7 Å². The van der Waals surface area contributed by atoms with E-state index in [-0.39, 0.29) is 18.4 Å². The molecule has 8 heteroatoms. The molecule has 37 heavy (non-hydrogen) atoms. The number of aliphatic hydroxyl groups is 1. The van der Waals surface area contributed by atoms with Crippen LogP contribution in [0.2, 0.25) is 0 Å². The molecule has 2 fully saturated rings. The van der Waals surface area contributed by atoms with Crippen molar-refractivity contribution in [1.29, 1.82) is 0 Å². The summed E-state index contributed by atoms with van der Waals surface area (Å²) < 4.78 is 5.59. The molecule has 1 saturated carbocycles. The predicted molar refractivity (Wildman–Crippen MR) is 146 cm³/mol. The minimum Gasteiger partial charge on any atom is -0.508 e. The monoisotopic (exact) mass is 510 g/mol. The number of anilines is 1. The Hall–Kier alpha value is -2.97. The third-order valence-electron chi connectivity index (χ3n) is 7.40. The lowest BCUT2D eigenvalue weighted by Gasteiger charge is -2.40. The average molecular weight is 511 g/mol. The summed E-state index contributed by atoms with van der Waals surface area (Å²) in [4.78, 5) is 17.2. The number of rotatable bonds is 11. The van der Waals surface area contributed by atoms with Gasteiger partial charge in [0.1, 0.15) is 24.2 Å². The maximum absolute atomic E-state index is 12.8. The van der Waals surface area contributed by atoms with Crippen molar-refractivity contribution >= 4 is 11.7 Å². The first kappa shape index (κ1) is 27.1. The van der Waals surface area contributed by atoms with Gasteiger partial charge in [-0.05, 0) is 62.1 Å². The molecule has 2 amide bonds. The van der Waals surface area contributed by atoms with Gasteiger partial charge in [0, 0.05) is 50.5 Å². The molecule has 0 spiro atoms. The number of aromatic hydroxyl groups is 1. The molecule has 2 aromatic carbocycles. The number of likely N-dealkylation sites (tertiary alicyclic amines) is 1. The lowest BCUT2D eigenvalue weighted by Crippen LogP contribution is -2.52. The normalized spacial score (nSPS) is 17.8. The van der Waals surface area contributed by atoms with E-state index in [9.17, 15) is 15.0 Å². The first-order valence-corrected chi connectivity index (χ1v) is 13.8. The number of benzene rings is 2. The Labute approximate surface area is 220 Å². The molecule has 4 N–H and O–H groups in total. The van der Waals surface area contributed by atoms with Gasteiger partial charge in [0.2, 0.25) is 0 Å². The molecule has 1 atom stereocenters. The maximum Gasteiger partial charge on any atom is 0.317 e. The molecule has 0 radical (unpaired) electrons. The molecule has 1 aliphatic carbocycles.